The van der Waals surface area contributed by atoms with Crippen molar-refractivity contribution < 1.29 is 9.90 Å². The molecule has 0 unspecified atom stereocenters. The number of thioether (sulfide) groups is 1. The second kappa shape index (κ2) is 6.08. The van der Waals surface area contributed by atoms with E-state index in [2.05, 4.69) is 10.2 Å². The van der Waals surface area contributed by atoms with E-state index in [1.54, 1.807) is 6.07 Å². The summed E-state index contributed by atoms with van der Waals surface area (Å²) in [5.41, 5.74) is 0.865. The largest absolute Gasteiger partial charge is 0.481 e. The molecule has 2 rings (SSSR count). The summed E-state index contributed by atoms with van der Waals surface area (Å²) >= 11 is 7.12. The molecule has 19 heavy (non-hydrogen) atoms. The number of aromatic nitrogens is 3. The minimum Gasteiger partial charge on any atom is -0.481 e. The lowest BCUT2D eigenvalue weighted by atomic mass is 10.2. The summed E-state index contributed by atoms with van der Waals surface area (Å²) in [5.74, 6) is -0.217. The third-order valence-corrected chi connectivity index (χ3v) is 3.63. The molecule has 2 aromatic rings. The van der Waals surface area contributed by atoms with Crippen LogP contribution >= 0.6 is 23.4 Å². The predicted molar refractivity (Wildman–Crippen MR) is 74.5 cm³/mol. The van der Waals surface area contributed by atoms with E-state index in [0.717, 1.165) is 17.3 Å². The van der Waals surface area contributed by atoms with Gasteiger partial charge in [-0.05, 0) is 19.1 Å². The van der Waals surface area contributed by atoms with Crippen LogP contribution in [0.2, 0.25) is 5.02 Å². The van der Waals surface area contributed by atoms with Gasteiger partial charge in [-0.3, -0.25) is 4.79 Å². The molecule has 0 radical (unpaired) electrons. The van der Waals surface area contributed by atoms with Crippen LogP contribution < -0.4 is 0 Å². The molecule has 1 aromatic heterocycles. The Morgan fingerprint density at radius 3 is 2.89 bits per heavy atom. The molecule has 5 nitrogen and oxygen atoms in total. The van der Waals surface area contributed by atoms with Gasteiger partial charge in [0.15, 0.2) is 11.0 Å². The van der Waals surface area contributed by atoms with Crippen molar-refractivity contribution in [1.29, 1.82) is 0 Å². The lowest BCUT2D eigenvalue weighted by molar-refractivity contribution is -0.133. The van der Waals surface area contributed by atoms with E-state index in [0.29, 0.717) is 22.5 Å². The Labute approximate surface area is 119 Å². The molecule has 100 valence electrons. The highest BCUT2D eigenvalue weighted by Crippen LogP contribution is 2.25. The normalized spacial score (nSPS) is 10.6. The Bertz CT molecular complexity index is 600. The molecule has 7 heteroatoms. The molecule has 0 aliphatic carbocycles. The Balaban J connectivity index is 2.34. The summed E-state index contributed by atoms with van der Waals surface area (Å²) in [6, 6.07) is 7.34. The molecular weight excluding hydrogens is 286 g/mol. The van der Waals surface area contributed by atoms with E-state index in [4.69, 9.17) is 16.7 Å². The standard InChI is InChI=1S/C12H12ClN3O2S/c1-2-16-11(8-4-3-5-9(13)6-8)14-15-12(16)19-7-10(17)18/h3-6H,2,7H2,1H3,(H,17,18). The zero-order valence-corrected chi connectivity index (χ0v) is 11.8. The van der Waals surface area contributed by atoms with Gasteiger partial charge in [-0.2, -0.15) is 0 Å². The molecule has 0 atom stereocenters. The van der Waals surface area contributed by atoms with Crippen molar-refractivity contribution in [1.82, 2.24) is 14.8 Å². The third-order valence-electron chi connectivity index (χ3n) is 2.44. The van der Waals surface area contributed by atoms with E-state index >= 15 is 0 Å². The van der Waals surface area contributed by atoms with Gasteiger partial charge >= 0.3 is 5.97 Å². The molecule has 0 fully saturated rings. The SMILES string of the molecule is CCn1c(SCC(=O)O)nnc1-c1cccc(Cl)c1. The van der Waals surface area contributed by atoms with E-state index in [9.17, 15) is 4.79 Å². The maximum atomic E-state index is 10.6. The lowest BCUT2D eigenvalue weighted by Gasteiger charge is -2.06. The topological polar surface area (TPSA) is 68.0 Å². The Hall–Kier alpha value is -1.53. The fraction of sp³-hybridized carbons (Fsp3) is 0.250. The summed E-state index contributed by atoms with van der Waals surface area (Å²) in [7, 11) is 0. The van der Waals surface area contributed by atoms with Gasteiger partial charge in [0.1, 0.15) is 0 Å². The summed E-state index contributed by atoms with van der Waals surface area (Å²) in [4.78, 5) is 10.6. The first-order valence-electron chi connectivity index (χ1n) is 5.65. The van der Waals surface area contributed by atoms with Crippen molar-refractivity contribution in [3.8, 4) is 11.4 Å². The number of carbonyl (C=O) groups is 1. The van der Waals surface area contributed by atoms with Crippen molar-refractivity contribution in [3.63, 3.8) is 0 Å². The van der Waals surface area contributed by atoms with Crippen LogP contribution in [0.25, 0.3) is 11.4 Å². The van der Waals surface area contributed by atoms with Gasteiger partial charge in [0.05, 0.1) is 5.75 Å². The van der Waals surface area contributed by atoms with Crippen LogP contribution in [0.3, 0.4) is 0 Å². The first-order valence-corrected chi connectivity index (χ1v) is 7.02. The number of halogens is 1. The van der Waals surface area contributed by atoms with Crippen LogP contribution in [0.5, 0.6) is 0 Å². The number of hydrogen-bond acceptors (Lipinski definition) is 4. The molecule has 1 N–H and O–H groups in total. The molecule has 1 aromatic carbocycles. The molecule has 0 spiro atoms. The Kier molecular flexibility index (Phi) is 4.44. The van der Waals surface area contributed by atoms with Crippen molar-refractivity contribution in [2.45, 2.75) is 18.6 Å². The van der Waals surface area contributed by atoms with Crippen LogP contribution in [0.4, 0.5) is 0 Å². The molecule has 0 saturated carbocycles. The van der Waals surface area contributed by atoms with Crippen LogP contribution in [-0.4, -0.2) is 31.6 Å². The highest BCUT2D eigenvalue weighted by molar-refractivity contribution is 7.99. The fourth-order valence-electron chi connectivity index (χ4n) is 1.65. The van der Waals surface area contributed by atoms with Gasteiger partial charge < -0.3 is 9.67 Å². The molecule has 0 amide bonds. The average Bonchev–Trinajstić information content (AvgIpc) is 2.79. The van der Waals surface area contributed by atoms with Crippen LogP contribution in [0.1, 0.15) is 6.92 Å². The molecule has 0 bridgehead atoms. The molecule has 0 aliphatic rings. The fourth-order valence-corrected chi connectivity index (χ4v) is 2.56. The number of carboxylic acid groups (broad SMARTS) is 1. The number of hydrogen-bond donors (Lipinski definition) is 1. The van der Waals surface area contributed by atoms with Crippen LogP contribution in [-0.2, 0) is 11.3 Å². The number of rotatable bonds is 5. The maximum Gasteiger partial charge on any atom is 0.313 e. The minimum absolute atomic E-state index is 0.0340. The highest BCUT2D eigenvalue weighted by Gasteiger charge is 2.14. The van der Waals surface area contributed by atoms with Crippen molar-refractivity contribution in [3.05, 3.63) is 29.3 Å². The Morgan fingerprint density at radius 2 is 2.26 bits per heavy atom. The van der Waals surface area contributed by atoms with Crippen molar-refractivity contribution in [2.24, 2.45) is 0 Å². The van der Waals surface area contributed by atoms with Crippen LogP contribution in [0.15, 0.2) is 29.4 Å². The lowest BCUT2D eigenvalue weighted by Crippen LogP contribution is -2.03. The maximum absolute atomic E-state index is 10.6. The van der Waals surface area contributed by atoms with Crippen molar-refractivity contribution >= 4 is 29.3 Å². The predicted octanol–water partition coefficient (Wildman–Crippen LogP) is 2.80. The molecule has 0 saturated heterocycles. The molecular formula is C12H12ClN3O2S. The highest BCUT2D eigenvalue weighted by atomic mass is 35.5. The zero-order valence-electron chi connectivity index (χ0n) is 10.2. The number of carboxylic acids is 1. The minimum atomic E-state index is -0.875. The van der Waals surface area contributed by atoms with E-state index < -0.39 is 5.97 Å². The first-order chi connectivity index (χ1) is 9.11. The summed E-state index contributed by atoms with van der Waals surface area (Å²) in [6.07, 6.45) is 0. The summed E-state index contributed by atoms with van der Waals surface area (Å²) < 4.78 is 1.87. The second-order valence-electron chi connectivity index (χ2n) is 3.74. The van der Waals surface area contributed by atoms with Gasteiger partial charge in [-0.25, -0.2) is 0 Å². The van der Waals surface area contributed by atoms with Gasteiger partial charge in [0.25, 0.3) is 0 Å². The monoisotopic (exact) mass is 297 g/mol. The summed E-state index contributed by atoms with van der Waals surface area (Å²) in [5, 5.41) is 18.1. The van der Waals surface area contributed by atoms with Gasteiger partial charge in [0, 0.05) is 17.1 Å². The van der Waals surface area contributed by atoms with Gasteiger partial charge in [-0.15, -0.1) is 10.2 Å². The molecule has 0 aliphatic heterocycles. The number of aliphatic carboxylic acids is 1. The van der Waals surface area contributed by atoms with Gasteiger partial charge in [0.2, 0.25) is 0 Å². The quantitative estimate of drug-likeness (QED) is 0.860. The Morgan fingerprint density at radius 1 is 1.47 bits per heavy atom. The first kappa shape index (κ1) is 13.9. The van der Waals surface area contributed by atoms with Gasteiger partial charge in [-0.1, -0.05) is 35.5 Å². The zero-order chi connectivity index (χ0) is 13.8. The smallest absolute Gasteiger partial charge is 0.313 e. The van der Waals surface area contributed by atoms with E-state index in [-0.39, 0.29) is 5.75 Å². The van der Waals surface area contributed by atoms with E-state index in [1.807, 2.05) is 29.7 Å². The second-order valence-corrected chi connectivity index (χ2v) is 5.12. The number of nitrogens with zero attached hydrogens (tertiary/aromatic N) is 3. The average molecular weight is 298 g/mol. The summed E-state index contributed by atoms with van der Waals surface area (Å²) in [6.45, 7) is 2.62. The van der Waals surface area contributed by atoms with Crippen LogP contribution in [0, 0.1) is 0 Å². The number of benzene rings is 1. The van der Waals surface area contributed by atoms with E-state index in [1.165, 1.54) is 0 Å². The third kappa shape index (κ3) is 3.27. The molecule has 1 heterocycles. The van der Waals surface area contributed by atoms with Crippen molar-refractivity contribution in [2.75, 3.05) is 5.75 Å².